The summed E-state index contributed by atoms with van der Waals surface area (Å²) in [5.41, 5.74) is 0. The molecule has 1 aromatic heterocycles. The normalized spacial score (nSPS) is 12.8. The lowest BCUT2D eigenvalue weighted by Gasteiger charge is -2.09. The second kappa shape index (κ2) is 6.38. The van der Waals surface area contributed by atoms with Crippen LogP contribution in [-0.2, 0) is 0 Å². The second-order valence-electron chi connectivity index (χ2n) is 2.79. The van der Waals surface area contributed by atoms with Gasteiger partial charge in [-0.3, -0.25) is 0 Å². The maximum absolute atomic E-state index is 4.16. The number of thioether (sulfide) groups is 1. The molecule has 0 N–H and O–H groups in total. The van der Waals surface area contributed by atoms with Crippen LogP contribution in [0.5, 0.6) is 0 Å². The summed E-state index contributed by atoms with van der Waals surface area (Å²) >= 11 is 5.30. The fourth-order valence-electron chi connectivity index (χ4n) is 0.839. The number of aromatic nitrogens is 2. The number of hydrogen-bond donors (Lipinski definition) is 0. The molecule has 1 aromatic rings. The van der Waals surface area contributed by atoms with Crippen LogP contribution in [0, 0.1) is 5.92 Å². The Morgan fingerprint density at radius 3 is 3.00 bits per heavy atom. The first-order valence-electron chi connectivity index (χ1n) is 4.31. The van der Waals surface area contributed by atoms with Crippen molar-refractivity contribution in [2.24, 2.45) is 5.92 Å². The zero-order valence-electron chi connectivity index (χ0n) is 7.61. The minimum atomic E-state index is 0.736. The number of rotatable bonds is 5. The highest BCUT2D eigenvalue weighted by molar-refractivity contribution is 9.09. The van der Waals surface area contributed by atoms with Crippen molar-refractivity contribution in [3.63, 3.8) is 0 Å². The van der Waals surface area contributed by atoms with Gasteiger partial charge in [-0.05, 0) is 12.0 Å². The van der Waals surface area contributed by atoms with E-state index in [9.17, 15) is 0 Å². The van der Waals surface area contributed by atoms with Crippen molar-refractivity contribution in [3.05, 3.63) is 18.6 Å². The van der Waals surface area contributed by atoms with E-state index >= 15 is 0 Å². The van der Waals surface area contributed by atoms with Gasteiger partial charge in [-0.25, -0.2) is 9.97 Å². The molecule has 2 nitrogen and oxygen atoms in total. The quantitative estimate of drug-likeness (QED) is 0.463. The molecule has 0 radical (unpaired) electrons. The number of nitrogens with zero attached hydrogens (tertiary/aromatic N) is 2. The van der Waals surface area contributed by atoms with E-state index in [-0.39, 0.29) is 0 Å². The molecule has 4 heteroatoms. The molecular formula is C9H13BrN2S. The van der Waals surface area contributed by atoms with E-state index < -0.39 is 0 Å². The monoisotopic (exact) mass is 260 g/mol. The van der Waals surface area contributed by atoms with E-state index in [2.05, 4.69) is 32.8 Å². The summed E-state index contributed by atoms with van der Waals surface area (Å²) in [6, 6.07) is 1.95. The Bertz CT molecular complexity index is 226. The molecule has 13 heavy (non-hydrogen) atoms. The zero-order chi connectivity index (χ0) is 9.52. The molecule has 0 aliphatic rings. The number of alkyl halides is 1. The maximum Gasteiger partial charge on any atom is 0.116 e. The van der Waals surface area contributed by atoms with E-state index in [1.54, 1.807) is 24.3 Å². The fourth-order valence-corrected chi connectivity index (χ4v) is 2.87. The molecule has 0 aliphatic heterocycles. The number of halogens is 1. The minimum absolute atomic E-state index is 0.736. The van der Waals surface area contributed by atoms with E-state index in [1.165, 1.54) is 6.42 Å². The highest BCUT2D eigenvalue weighted by atomic mass is 79.9. The molecule has 0 bridgehead atoms. The molecule has 72 valence electrons. The van der Waals surface area contributed by atoms with Crippen LogP contribution in [0.4, 0.5) is 0 Å². The van der Waals surface area contributed by atoms with Crippen molar-refractivity contribution < 1.29 is 0 Å². The van der Waals surface area contributed by atoms with Gasteiger partial charge in [-0.15, -0.1) is 11.8 Å². The molecule has 0 aromatic carbocycles. The Balaban J connectivity index is 2.34. The van der Waals surface area contributed by atoms with Gasteiger partial charge in [0.2, 0.25) is 0 Å². The van der Waals surface area contributed by atoms with Gasteiger partial charge in [0.05, 0.1) is 5.03 Å². The third kappa shape index (κ3) is 4.09. The van der Waals surface area contributed by atoms with Crippen molar-refractivity contribution in [2.75, 3.05) is 11.1 Å². The van der Waals surface area contributed by atoms with Crippen LogP contribution in [-0.4, -0.2) is 21.1 Å². The zero-order valence-corrected chi connectivity index (χ0v) is 10.0. The van der Waals surface area contributed by atoms with Gasteiger partial charge in [0.25, 0.3) is 0 Å². The van der Waals surface area contributed by atoms with E-state index in [0.29, 0.717) is 0 Å². The van der Waals surface area contributed by atoms with Gasteiger partial charge < -0.3 is 0 Å². The molecule has 0 fully saturated rings. The molecule has 1 atom stereocenters. The third-order valence-corrected chi connectivity index (χ3v) is 3.91. The van der Waals surface area contributed by atoms with Gasteiger partial charge in [0, 0.05) is 17.3 Å². The molecule has 1 rings (SSSR count). The van der Waals surface area contributed by atoms with Crippen molar-refractivity contribution >= 4 is 27.7 Å². The number of hydrogen-bond acceptors (Lipinski definition) is 3. The van der Waals surface area contributed by atoms with Gasteiger partial charge in [0.1, 0.15) is 6.33 Å². The molecule has 0 amide bonds. The average molecular weight is 261 g/mol. The van der Waals surface area contributed by atoms with Crippen molar-refractivity contribution in [1.29, 1.82) is 0 Å². The molecule has 0 spiro atoms. The van der Waals surface area contributed by atoms with Gasteiger partial charge in [-0.1, -0.05) is 29.3 Å². The van der Waals surface area contributed by atoms with Crippen LogP contribution in [0.3, 0.4) is 0 Å². The maximum atomic E-state index is 4.16. The van der Waals surface area contributed by atoms with Crippen LogP contribution < -0.4 is 0 Å². The lowest BCUT2D eigenvalue weighted by Crippen LogP contribution is -2.03. The Kier molecular flexibility index (Phi) is 5.39. The molecule has 1 heterocycles. The van der Waals surface area contributed by atoms with E-state index in [1.807, 2.05) is 6.07 Å². The van der Waals surface area contributed by atoms with Crippen LogP contribution in [0.1, 0.15) is 13.3 Å². The summed E-state index contributed by atoms with van der Waals surface area (Å²) in [6.45, 7) is 2.21. The predicted molar refractivity (Wildman–Crippen MR) is 60.3 cm³/mol. The SMILES string of the molecule is CCC(CBr)CSc1ccncn1. The summed E-state index contributed by atoms with van der Waals surface area (Å²) < 4.78 is 0. The highest BCUT2D eigenvalue weighted by Crippen LogP contribution is 2.20. The van der Waals surface area contributed by atoms with Crippen LogP contribution in [0.15, 0.2) is 23.6 Å². The largest absolute Gasteiger partial charge is 0.245 e. The topological polar surface area (TPSA) is 25.8 Å². The summed E-state index contributed by atoms with van der Waals surface area (Å²) in [5.74, 6) is 1.86. The van der Waals surface area contributed by atoms with Gasteiger partial charge in [0.15, 0.2) is 0 Å². The first-order chi connectivity index (χ1) is 6.36. The Morgan fingerprint density at radius 2 is 2.46 bits per heavy atom. The minimum Gasteiger partial charge on any atom is -0.245 e. The van der Waals surface area contributed by atoms with Crippen LogP contribution in [0.25, 0.3) is 0 Å². The lowest BCUT2D eigenvalue weighted by molar-refractivity contribution is 0.652. The molecule has 1 unspecified atom stereocenters. The first-order valence-corrected chi connectivity index (χ1v) is 6.42. The molecule has 0 aliphatic carbocycles. The third-order valence-electron chi connectivity index (χ3n) is 1.82. The standard InChI is InChI=1S/C9H13BrN2S/c1-2-8(5-10)6-13-9-3-4-11-7-12-9/h3-4,7-8H,2,5-6H2,1H3. The van der Waals surface area contributed by atoms with Gasteiger partial charge in [-0.2, -0.15) is 0 Å². The van der Waals surface area contributed by atoms with Crippen LogP contribution in [0.2, 0.25) is 0 Å². The highest BCUT2D eigenvalue weighted by Gasteiger charge is 2.05. The Hall–Kier alpha value is -0.0900. The smallest absolute Gasteiger partial charge is 0.116 e. The summed E-state index contributed by atoms with van der Waals surface area (Å²) in [5, 5.41) is 2.14. The Labute approximate surface area is 91.7 Å². The molecular weight excluding hydrogens is 248 g/mol. The summed E-state index contributed by atoms with van der Waals surface area (Å²) in [4.78, 5) is 8.03. The van der Waals surface area contributed by atoms with E-state index in [0.717, 1.165) is 22.0 Å². The summed E-state index contributed by atoms with van der Waals surface area (Å²) in [6.07, 6.45) is 4.59. The van der Waals surface area contributed by atoms with E-state index in [4.69, 9.17) is 0 Å². The van der Waals surface area contributed by atoms with Crippen molar-refractivity contribution in [3.8, 4) is 0 Å². The van der Waals surface area contributed by atoms with Crippen molar-refractivity contribution in [1.82, 2.24) is 9.97 Å². The molecule has 0 saturated carbocycles. The average Bonchev–Trinajstić information content (AvgIpc) is 2.21. The predicted octanol–water partition coefficient (Wildman–Crippen LogP) is 2.99. The second-order valence-corrected chi connectivity index (χ2v) is 4.47. The first kappa shape index (κ1) is 11.0. The molecule has 0 saturated heterocycles. The summed E-state index contributed by atoms with van der Waals surface area (Å²) in [7, 11) is 0. The Morgan fingerprint density at radius 1 is 1.62 bits per heavy atom. The lowest BCUT2D eigenvalue weighted by atomic mass is 10.2. The van der Waals surface area contributed by atoms with Gasteiger partial charge >= 0.3 is 0 Å². The fraction of sp³-hybridized carbons (Fsp3) is 0.556. The van der Waals surface area contributed by atoms with Crippen LogP contribution >= 0.6 is 27.7 Å². The van der Waals surface area contributed by atoms with Crippen molar-refractivity contribution in [2.45, 2.75) is 18.4 Å².